The number of hydrogen-bond acceptors (Lipinski definition) is 3. The fourth-order valence-corrected chi connectivity index (χ4v) is 4.18. The number of carbonyl (C=O) groups excluding carboxylic acids is 1. The van der Waals surface area contributed by atoms with Crippen LogP contribution in [0.4, 0.5) is 0 Å². The minimum atomic E-state index is -1.11. The van der Waals surface area contributed by atoms with Crippen LogP contribution in [0.15, 0.2) is 11.6 Å². The normalized spacial score (nSPS) is 24.3. The monoisotopic (exact) mass is 324 g/mol. The SMILES string of the molecule is CCCCC1(OC(=O)/C(C)=C\C(=O)O)CCCCC1(CC)CC. The Bertz CT molecular complexity index is 448. The van der Waals surface area contributed by atoms with Crippen LogP contribution in [-0.2, 0) is 14.3 Å². The number of aliphatic carboxylic acids is 1. The molecule has 0 saturated heterocycles. The lowest BCUT2D eigenvalue weighted by Gasteiger charge is -2.53. The van der Waals surface area contributed by atoms with E-state index < -0.39 is 17.5 Å². The summed E-state index contributed by atoms with van der Waals surface area (Å²) < 4.78 is 6.07. The van der Waals surface area contributed by atoms with E-state index in [4.69, 9.17) is 9.84 Å². The standard InChI is InChI=1S/C19H32O4/c1-5-8-12-19(23-17(22)15(4)14-16(20)21)13-10-9-11-18(19,6-2)7-3/h14H,5-13H2,1-4H3,(H,20,21)/b15-14-. The first-order valence-electron chi connectivity index (χ1n) is 9.01. The maximum atomic E-state index is 12.5. The molecule has 0 aromatic carbocycles. The van der Waals surface area contributed by atoms with Gasteiger partial charge in [-0.3, -0.25) is 0 Å². The van der Waals surface area contributed by atoms with Crippen LogP contribution >= 0.6 is 0 Å². The summed E-state index contributed by atoms with van der Waals surface area (Å²) in [7, 11) is 0. The summed E-state index contributed by atoms with van der Waals surface area (Å²) in [6, 6.07) is 0. The molecule has 0 radical (unpaired) electrons. The van der Waals surface area contributed by atoms with E-state index in [0.29, 0.717) is 0 Å². The van der Waals surface area contributed by atoms with E-state index >= 15 is 0 Å². The molecule has 4 nitrogen and oxygen atoms in total. The molecule has 1 atom stereocenters. The Kier molecular flexibility index (Phi) is 7.30. The predicted octanol–water partition coefficient (Wildman–Crippen LogP) is 4.87. The van der Waals surface area contributed by atoms with Gasteiger partial charge in [0.1, 0.15) is 5.60 Å². The summed E-state index contributed by atoms with van der Waals surface area (Å²) >= 11 is 0. The van der Waals surface area contributed by atoms with Crippen molar-refractivity contribution in [1.29, 1.82) is 0 Å². The molecule has 1 unspecified atom stereocenters. The van der Waals surface area contributed by atoms with Crippen molar-refractivity contribution in [3.63, 3.8) is 0 Å². The number of carboxylic acids is 1. The summed E-state index contributed by atoms with van der Waals surface area (Å²) in [5.41, 5.74) is -0.269. The lowest BCUT2D eigenvalue weighted by Crippen LogP contribution is -2.53. The molecule has 0 spiro atoms. The van der Waals surface area contributed by atoms with Crippen LogP contribution in [0.3, 0.4) is 0 Å². The van der Waals surface area contributed by atoms with Gasteiger partial charge in [-0.15, -0.1) is 0 Å². The smallest absolute Gasteiger partial charge is 0.334 e. The number of carboxylic acid groups (broad SMARTS) is 1. The highest BCUT2D eigenvalue weighted by molar-refractivity contribution is 5.95. The van der Waals surface area contributed by atoms with Crippen LogP contribution in [0.1, 0.15) is 85.5 Å². The molecule has 1 N–H and O–H groups in total. The van der Waals surface area contributed by atoms with Gasteiger partial charge in [0.25, 0.3) is 0 Å². The summed E-state index contributed by atoms with van der Waals surface area (Å²) in [6.45, 7) is 8.03. The Hall–Kier alpha value is -1.32. The van der Waals surface area contributed by atoms with Crippen molar-refractivity contribution in [1.82, 2.24) is 0 Å². The molecular weight excluding hydrogens is 292 g/mol. The Morgan fingerprint density at radius 3 is 2.26 bits per heavy atom. The Morgan fingerprint density at radius 2 is 1.74 bits per heavy atom. The molecular formula is C19H32O4. The summed E-state index contributed by atoms with van der Waals surface area (Å²) in [4.78, 5) is 23.3. The Balaban J connectivity index is 3.14. The molecule has 0 amide bonds. The van der Waals surface area contributed by atoms with Crippen molar-refractivity contribution in [2.24, 2.45) is 5.41 Å². The molecule has 4 heteroatoms. The third kappa shape index (κ3) is 4.36. The Morgan fingerprint density at radius 1 is 1.13 bits per heavy atom. The average Bonchev–Trinajstić information content (AvgIpc) is 2.53. The lowest BCUT2D eigenvalue weighted by molar-refractivity contribution is -0.186. The van der Waals surface area contributed by atoms with Gasteiger partial charge in [-0.2, -0.15) is 0 Å². The van der Waals surface area contributed by atoms with E-state index in [1.165, 1.54) is 13.3 Å². The topological polar surface area (TPSA) is 63.6 Å². The second kappa shape index (κ2) is 8.51. The zero-order valence-corrected chi connectivity index (χ0v) is 15.1. The van der Waals surface area contributed by atoms with Crippen LogP contribution < -0.4 is 0 Å². The van der Waals surface area contributed by atoms with Gasteiger partial charge in [-0.05, 0) is 51.9 Å². The van der Waals surface area contributed by atoms with Crippen LogP contribution in [0.2, 0.25) is 0 Å². The zero-order valence-electron chi connectivity index (χ0n) is 15.1. The number of esters is 1. The van der Waals surface area contributed by atoms with Crippen molar-refractivity contribution in [2.75, 3.05) is 0 Å². The fraction of sp³-hybridized carbons (Fsp3) is 0.789. The maximum absolute atomic E-state index is 12.5. The van der Waals surface area contributed by atoms with Crippen molar-refractivity contribution in [3.8, 4) is 0 Å². The second-order valence-electron chi connectivity index (χ2n) is 6.85. The molecule has 1 aliphatic rings. The van der Waals surface area contributed by atoms with Gasteiger partial charge >= 0.3 is 11.9 Å². The third-order valence-electron chi connectivity index (χ3n) is 5.69. The highest BCUT2D eigenvalue weighted by atomic mass is 16.6. The van der Waals surface area contributed by atoms with Crippen LogP contribution in [0.5, 0.6) is 0 Å². The average molecular weight is 324 g/mol. The van der Waals surface area contributed by atoms with Crippen LogP contribution in [-0.4, -0.2) is 22.6 Å². The first-order valence-corrected chi connectivity index (χ1v) is 9.01. The molecule has 1 aliphatic carbocycles. The van der Waals surface area contributed by atoms with Crippen LogP contribution in [0, 0.1) is 5.41 Å². The maximum Gasteiger partial charge on any atom is 0.334 e. The number of carbonyl (C=O) groups is 2. The highest BCUT2D eigenvalue weighted by Crippen LogP contribution is 2.53. The quantitative estimate of drug-likeness (QED) is 0.511. The van der Waals surface area contributed by atoms with Gasteiger partial charge in [0.05, 0.1) is 0 Å². The summed E-state index contributed by atoms with van der Waals surface area (Å²) in [5.74, 6) is -1.58. The highest BCUT2D eigenvalue weighted by Gasteiger charge is 2.52. The minimum Gasteiger partial charge on any atom is -0.478 e. The molecule has 0 bridgehead atoms. The third-order valence-corrected chi connectivity index (χ3v) is 5.69. The van der Waals surface area contributed by atoms with Crippen molar-refractivity contribution < 1.29 is 19.4 Å². The molecule has 1 fully saturated rings. The van der Waals surface area contributed by atoms with Gasteiger partial charge in [0.2, 0.25) is 0 Å². The number of rotatable bonds is 8. The van der Waals surface area contributed by atoms with Crippen molar-refractivity contribution >= 4 is 11.9 Å². The molecule has 23 heavy (non-hydrogen) atoms. The number of ether oxygens (including phenoxy) is 1. The fourth-order valence-electron chi connectivity index (χ4n) is 4.18. The van der Waals surface area contributed by atoms with Gasteiger partial charge in [-0.25, -0.2) is 9.59 Å². The lowest BCUT2D eigenvalue weighted by atomic mass is 9.58. The predicted molar refractivity (Wildman–Crippen MR) is 91.2 cm³/mol. The zero-order chi connectivity index (χ0) is 17.5. The van der Waals surface area contributed by atoms with Crippen molar-refractivity contribution in [2.45, 2.75) is 91.1 Å². The van der Waals surface area contributed by atoms with E-state index in [2.05, 4.69) is 20.8 Å². The molecule has 132 valence electrons. The van der Waals surface area contributed by atoms with Gasteiger partial charge < -0.3 is 9.84 Å². The van der Waals surface area contributed by atoms with E-state index in [-0.39, 0.29) is 11.0 Å². The largest absolute Gasteiger partial charge is 0.478 e. The molecule has 1 rings (SSSR count). The Labute approximate surface area is 140 Å². The number of unbranched alkanes of at least 4 members (excludes halogenated alkanes) is 1. The second-order valence-corrected chi connectivity index (χ2v) is 6.85. The van der Waals surface area contributed by atoms with Gasteiger partial charge in [0.15, 0.2) is 0 Å². The van der Waals surface area contributed by atoms with Crippen LogP contribution in [0.25, 0.3) is 0 Å². The molecule has 1 saturated carbocycles. The molecule has 0 heterocycles. The molecule has 0 aromatic rings. The van der Waals surface area contributed by atoms with Gasteiger partial charge in [0, 0.05) is 17.1 Å². The first kappa shape index (κ1) is 19.7. The number of hydrogen-bond donors (Lipinski definition) is 1. The summed E-state index contributed by atoms with van der Waals surface area (Å²) in [6.07, 6.45) is 10.1. The van der Waals surface area contributed by atoms with E-state index in [1.54, 1.807) is 0 Å². The van der Waals surface area contributed by atoms with E-state index in [1.807, 2.05) is 0 Å². The molecule has 0 aromatic heterocycles. The van der Waals surface area contributed by atoms with E-state index in [0.717, 1.165) is 57.4 Å². The van der Waals surface area contributed by atoms with E-state index in [9.17, 15) is 9.59 Å². The minimum absolute atomic E-state index is 0.0135. The van der Waals surface area contributed by atoms with Gasteiger partial charge in [-0.1, -0.05) is 33.6 Å². The molecule has 0 aliphatic heterocycles. The van der Waals surface area contributed by atoms with Crippen molar-refractivity contribution in [3.05, 3.63) is 11.6 Å². The first-order chi connectivity index (χ1) is 10.9. The summed E-state index contributed by atoms with van der Waals surface area (Å²) in [5, 5.41) is 8.86.